The van der Waals surface area contributed by atoms with Gasteiger partial charge in [-0.1, -0.05) is 0 Å². The number of hydrogen-bond acceptors (Lipinski definition) is 4. The van der Waals surface area contributed by atoms with Crippen molar-refractivity contribution in [2.45, 2.75) is 12.6 Å². The highest BCUT2D eigenvalue weighted by Gasteiger charge is 2.21. The lowest BCUT2D eigenvalue weighted by molar-refractivity contribution is -0.00790. The molecule has 1 fully saturated rings. The maximum absolute atomic E-state index is 5.50. The first kappa shape index (κ1) is 11.6. The molecule has 1 aromatic heterocycles. The highest BCUT2D eigenvalue weighted by molar-refractivity contribution is 4.80. The Balaban J connectivity index is 1.81. The third kappa shape index (κ3) is 3.04. The van der Waals surface area contributed by atoms with E-state index in [-0.39, 0.29) is 0 Å². The number of aromatic nitrogens is 2. The molecular formula is C11H20N4O. The lowest BCUT2D eigenvalue weighted by Gasteiger charge is -2.35. The Morgan fingerprint density at radius 1 is 1.50 bits per heavy atom. The van der Waals surface area contributed by atoms with Gasteiger partial charge >= 0.3 is 0 Å². The zero-order chi connectivity index (χ0) is 11.2. The summed E-state index contributed by atoms with van der Waals surface area (Å²) in [5, 5.41) is 7.43. The smallest absolute Gasteiger partial charge is 0.0634 e. The first-order valence-corrected chi connectivity index (χ1v) is 5.84. The van der Waals surface area contributed by atoms with Crippen LogP contribution >= 0.6 is 0 Å². The molecule has 2 rings (SSSR count). The Morgan fingerprint density at radius 2 is 2.44 bits per heavy atom. The molecule has 1 N–H and O–H groups in total. The number of rotatable bonds is 5. The molecule has 0 aliphatic carbocycles. The van der Waals surface area contributed by atoms with Crippen LogP contribution in [-0.4, -0.2) is 60.6 Å². The van der Waals surface area contributed by atoms with E-state index < -0.39 is 0 Å². The Bertz CT molecular complexity index is 286. The molecule has 0 radical (unpaired) electrons. The number of nitrogens with zero attached hydrogens (tertiary/aromatic N) is 3. The fourth-order valence-electron chi connectivity index (χ4n) is 2.07. The average Bonchev–Trinajstić information content (AvgIpc) is 2.81. The van der Waals surface area contributed by atoms with E-state index in [2.05, 4.69) is 15.3 Å². The largest absolute Gasteiger partial charge is 0.378 e. The summed E-state index contributed by atoms with van der Waals surface area (Å²) in [6.45, 7) is 5.68. The Labute approximate surface area is 96.4 Å². The second-order valence-electron chi connectivity index (χ2n) is 4.09. The lowest BCUT2D eigenvalue weighted by Crippen LogP contribution is -2.50. The number of morpholine rings is 1. The topological polar surface area (TPSA) is 42.3 Å². The Kier molecular flexibility index (Phi) is 4.33. The third-order valence-corrected chi connectivity index (χ3v) is 2.96. The molecule has 1 atom stereocenters. The summed E-state index contributed by atoms with van der Waals surface area (Å²) >= 11 is 0. The van der Waals surface area contributed by atoms with Crippen LogP contribution in [0, 0.1) is 0 Å². The van der Waals surface area contributed by atoms with Crippen LogP contribution in [0.1, 0.15) is 0 Å². The summed E-state index contributed by atoms with van der Waals surface area (Å²) in [5.41, 5.74) is 0. The minimum absolute atomic E-state index is 0.495. The quantitative estimate of drug-likeness (QED) is 0.752. The van der Waals surface area contributed by atoms with Gasteiger partial charge in [-0.15, -0.1) is 0 Å². The molecule has 5 heteroatoms. The number of likely N-dealkylation sites (N-methyl/N-ethyl adjacent to an activating group) is 1. The molecule has 0 bridgehead atoms. The van der Waals surface area contributed by atoms with Gasteiger partial charge in [0.15, 0.2) is 0 Å². The monoisotopic (exact) mass is 224 g/mol. The van der Waals surface area contributed by atoms with E-state index in [0.29, 0.717) is 6.04 Å². The molecule has 1 aliphatic rings. The summed E-state index contributed by atoms with van der Waals surface area (Å²) in [4.78, 5) is 2.47. The molecule has 5 nitrogen and oxygen atoms in total. The summed E-state index contributed by atoms with van der Waals surface area (Å²) in [6, 6.07) is 2.46. The summed E-state index contributed by atoms with van der Waals surface area (Å²) in [5.74, 6) is 0. The van der Waals surface area contributed by atoms with Gasteiger partial charge in [0.2, 0.25) is 0 Å². The minimum Gasteiger partial charge on any atom is -0.378 e. The minimum atomic E-state index is 0.495. The van der Waals surface area contributed by atoms with Gasteiger partial charge in [0, 0.05) is 38.1 Å². The van der Waals surface area contributed by atoms with Gasteiger partial charge in [0.25, 0.3) is 0 Å². The number of nitrogens with one attached hydrogen (secondary N) is 1. The number of hydrogen-bond donors (Lipinski definition) is 1. The standard InChI is InChI=1S/C11H20N4O/c1-12-9-11-10-16-8-7-14(11)5-6-15-4-2-3-13-15/h2-4,11-12H,5-10H2,1H3. The summed E-state index contributed by atoms with van der Waals surface area (Å²) in [7, 11) is 1.99. The normalized spacial score (nSPS) is 22.4. The van der Waals surface area contributed by atoms with Crippen molar-refractivity contribution in [3.63, 3.8) is 0 Å². The molecule has 16 heavy (non-hydrogen) atoms. The van der Waals surface area contributed by atoms with Gasteiger partial charge in [0.05, 0.1) is 19.8 Å². The van der Waals surface area contributed by atoms with Gasteiger partial charge in [-0.25, -0.2) is 0 Å². The molecule has 0 saturated carbocycles. The van der Waals surface area contributed by atoms with Gasteiger partial charge in [-0.3, -0.25) is 9.58 Å². The van der Waals surface area contributed by atoms with Crippen LogP contribution < -0.4 is 5.32 Å². The van der Waals surface area contributed by atoms with Crippen molar-refractivity contribution in [3.05, 3.63) is 18.5 Å². The lowest BCUT2D eigenvalue weighted by atomic mass is 10.2. The highest BCUT2D eigenvalue weighted by atomic mass is 16.5. The fraction of sp³-hybridized carbons (Fsp3) is 0.727. The van der Waals surface area contributed by atoms with Crippen molar-refractivity contribution >= 4 is 0 Å². The van der Waals surface area contributed by atoms with E-state index in [1.54, 1.807) is 0 Å². The van der Waals surface area contributed by atoms with Gasteiger partial charge < -0.3 is 10.1 Å². The maximum atomic E-state index is 5.50. The van der Waals surface area contributed by atoms with Crippen molar-refractivity contribution < 1.29 is 4.74 Å². The SMILES string of the molecule is CNCC1COCCN1CCn1cccn1. The van der Waals surface area contributed by atoms with Gasteiger partial charge in [-0.05, 0) is 13.1 Å². The van der Waals surface area contributed by atoms with Crippen LogP contribution in [0.2, 0.25) is 0 Å². The van der Waals surface area contributed by atoms with Crippen molar-refractivity contribution in [2.24, 2.45) is 0 Å². The zero-order valence-corrected chi connectivity index (χ0v) is 9.80. The van der Waals surface area contributed by atoms with E-state index in [9.17, 15) is 0 Å². The maximum Gasteiger partial charge on any atom is 0.0634 e. The second kappa shape index (κ2) is 5.98. The second-order valence-corrected chi connectivity index (χ2v) is 4.09. The molecule has 0 spiro atoms. The average molecular weight is 224 g/mol. The predicted molar refractivity (Wildman–Crippen MR) is 62.3 cm³/mol. The van der Waals surface area contributed by atoms with Crippen LogP contribution in [0.5, 0.6) is 0 Å². The van der Waals surface area contributed by atoms with Crippen molar-refractivity contribution in [1.29, 1.82) is 0 Å². The van der Waals surface area contributed by atoms with Crippen molar-refractivity contribution in [1.82, 2.24) is 20.0 Å². The van der Waals surface area contributed by atoms with Crippen molar-refractivity contribution in [2.75, 3.05) is 39.9 Å². The first-order chi connectivity index (χ1) is 7.90. The molecule has 1 aromatic rings. The number of ether oxygens (including phenoxy) is 1. The summed E-state index contributed by atoms with van der Waals surface area (Å²) in [6.07, 6.45) is 3.83. The third-order valence-electron chi connectivity index (χ3n) is 2.96. The van der Waals surface area contributed by atoms with E-state index in [1.165, 1.54) is 0 Å². The molecule has 2 heterocycles. The van der Waals surface area contributed by atoms with Crippen molar-refractivity contribution in [3.8, 4) is 0 Å². The first-order valence-electron chi connectivity index (χ1n) is 5.84. The molecule has 1 unspecified atom stereocenters. The van der Waals surface area contributed by atoms with Crippen LogP contribution in [0.25, 0.3) is 0 Å². The van der Waals surface area contributed by atoms with Crippen LogP contribution in [0.3, 0.4) is 0 Å². The van der Waals surface area contributed by atoms with Crippen LogP contribution in [0.15, 0.2) is 18.5 Å². The van der Waals surface area contributed by atoms with E-state index in [1.807, 2.05) is 30.2 Å². The fourth-order valence-corrected chi connectivity index (χ4v) is 2.07. The highest BCUT2D eigenvalue weighted by Crippen LogP contribution is 2.06. The Hall–Kier alpha value is -0.910. The van der Waals surface area contributed by atoms with Crippen LogP contribution in [0.4, 0.5) is 0 Å². The predicted octanol–water partition coefficient (Wildman–Crippen LogP) is -0.197. The molecule has 1 aliphatic heterocycles. The van der Waals surface area contributed by atoms with E-state index in [4.69, 9.17) is 4.74 Å². The molecule has 90 valence electrons. The van der Waals surface area contributed by atoms with Gasteiger partial charge in [0.1, 0.15) is 0 Å². The summed E-state index contributed by atoms with van der Waals surface area (Å²) < 4.78 is 7.48. The van der Waals surface area contributed by atoms with Crippen LogP contribution in [-0.2, 0) is 11.3 Å². The molecule has 0 aromatic carbocycles. The van der Waals surface area contributed by atoms with Gasteiger partial charge in [-0.2, -0.15) is 5.10 Å². The molecular weight excluding hydrogens is 204 g/mol. The Morgan fingerprint density at radius 3 is 3.19 bits per heavy atom. The molecule has 0 amide bonds. The zero-order valence-electron chi connectivity index (χ0n) is 9.80. The van der Waals surface area contributed by atoms with E-state index in [0.717, 1.165) is 39.4 Å². The van der Waals surface area contributed by atoms with E-state index >= 15 is 0 Å². The molecule has 1 saturated heterocycles.